The van der Waals surface area contributed by atoms with Crippen LogP contribution in [0.5, 0.6) is 0 Å². The third-order valence-corrected chi connectivity index (χ3v) is 3.53. The first-order chi connectivity index (χ1) is 8.95. The summed E-state index contributed by atoms with van der Waals surface area (Å²) in [6.45, 7) is 1.98. The van der Waals surface area contributed by atoms with E-state index in [0.717, 1.165) is 21.8 Å². The highest BCUT2D eigenvalue weighted by Gasteiger charge is 2.10. The Morgan fingerprint density at radius 2 is 2.32 bits per heavy atom. The molecule has 0 amide bonds. The van der Waals surface area contributed by atoms with E-state index in [0.29, 0.717) is 6.42 Å². The van der Waals surface area contributed by atoms with Gasteiger partial charge in [-0.3, -0.25) is 0 Å². The number of aliphatic carboxylic acids is 1. The highest BCUT2D eigenvalue weighted by molar-refractivity contribution is 9.10. The summed E-state index contributed by atoms with van der Waals surface area (Å²) in [5, 5.41) is 17.3. The Kier molecular flexibility index (Phi) is 5.58. The molecule has 5 heteroatoms. The van der Waals surface area contributed by atoms with E-state index in [-0.39, 0.29) is 6.04 Å². The molecule has 1 aromatic carbocycles. The van der Waals surface area contributed by atoms with E-state index in [2.05, 4.69) is 22.0 Å². The number of nitriles is 1. The topological polar surface area (TPSA) is 64.3 Å². The highest BCUT2D eigenvalue weighted by Crippen LogP contribution is 2.26. The highest BCUT2D eigenvalue weighted by atomic mass is 79.9. The molecule has 0 saturated heterocycles. The number of benzene rings is 1. The third kappa shape index (κ3) is 4.42. The fraction of sp³-hybridized carbons (Fsp3) is 0.286. The summed E-state index contributed by atoms with van der Waals surface area (Å²) in [5.41, 5.74) is 1.77. The maximum Gasteiger partial charge on any atom is 0.328 e. The lowest BCUT2D eigenvalue weighted by Crippen LogP contribution is -2.28. The van der Waals surface area contributed by atoms with Gasteiger partial charge in [0.05, 0.1) is 12.5 Å². The fourth-order valence-electron chi connectivity index (χ4n) is 1.56. The van der Waals surface area contributed by atoms with Gasteiger partial charge in [-0.05, 0) is 30.7 Å². The van der Waals surface area contributed by atoms with Crippen molar-refractivity contribution in [3.05, 3.63) is 34.3 Å². The zero-order valence-corrected chi connectivity index (χ0v) is 12.4. The fourth-order valence-corrected chi connectivity index (χ4v) is 2.05. The second kappa shape index (κ2) is 6.95. The second-order valence-electron chi connectivity index (χ2n) is 4.20. The van der Waals surface area contributed by atoms with Crippen molar-refractivity contribution in [1.82, 2.24) is 0 Å². The van der Waals surface area contributed by atoms with Gasteiger partial charge in [0.15, 0.2) is 0 Å². The minimum atomic E-state index is -0.976. The van der Waals surface area contributed by atoms with Gasteiger partial charge in [0.2, 0.25) is 0 Å². The molecule has 0 aliphatic heterocycles. The molecule has 0 aliphatic carbocycles. The molecule has 1 rings (SSSR count). The van der Waals surface area contributed by atoms with Crippen LogP contribution in [0.1, 0.15) is 18.9 Å². The summed E-state index contributed by atoms with van der Waals surface area (Å²) in [7, 11) is 1.93. The van der Waals surface area contributed by atoms with E-state index in [4.69, 9.17) is 10.4 Å². The maximum absolute atomic E-state index is 10.5. The number of rotatable bonds is 5. The van der Waals surface area contributed by atoms with Crippen molar-refractivity contribution < 1.29 is 9.90 Å². The molecule has 0 bridgehead atoms. The Bertz CT molecular complexity index is 535. The van der Waals surface area contributed by atoms with Gasteiger partial charge in [-0.2, -0.15) is 5.26 Å². The summed E-state index contributed by atoms with van der Waals surface area (Å²) in [6.07, 6.45) is 3.09. The van der Waals surface area contributed by atoms with Crippen molar-refractivity contribution in [1.29, 1.82) is 5.26 Å². The molecule has 0 radical (unpaired) electrons. The van der Waals surface area contributed by atoms with Crippen molar-refractivity contribution in [3.8, 4) is 6.07 Å². The standard InChI is InChI=1S/C14H15BrN2O2/c1-10(7-8-16)17(2)12-5-3-11(13(15)9-12)4-6-14(18)19/h3-6,9-10H,7H2,1-2H3,(H,18,19)/b6-4+. The molecule has 1 aromatic rings. The van der Waals surface area contributed by atoms with Gasteiger partial charge >= 0.3 is 5.97 Å². The molecule has 1 unspecified atom stereocenters. The maximum atomic E-state index is 10.5. The summed E-state index contributed by atoms with van der Waals surface area (Å²) >= 11 is 3.42. The predicted octanol–water partition coefficient (Wildman–Crippen LogP) is 3.29. The lowest BCUT2D eigenvalue weighted by atomic mass is 10.1. The molecular formula is C14H15BrN2O2. The van der Waals surface area contributed by atoms with Gasteiger partial charge in [-0.25, -0.2) is 4.79 Å². The Morgan fingerprint density at radius 3 is 2.84 bits per heavy atom. The van der Waals surface area contributed by atoms with Gasteiger partial charge < -0.3 is 10.0 Å². The number of anilines is 1. The Hall–Kier alpha value is -1.80. The summed E-state index contributed by atoms with van der Waals surface area (Å²) in [6, 6.07) is 7.93. The average Bonchev–Trinajstić information content (AvgIpc) is 2.36. The Labute approximate surface area is 121 Å². The van der Waals surface area contributed by atoms with E-state index >= 15 is 0 Å². The number of nitrogens with zero attached hydrogens (tertiary/aromatic N) is 2. The number of halogens is 1. The van der Waals surface area contributed by atoms with Crippen LogP contribution in [-0.4, -0.2) is 24.2 Å². The summed E-state index contributed by atoms with van der Waals surface area (Å²) < 4.78 is 0.818. The predicted molar refractivity (Wildman–Crippen MR) is 78.9 cm³/mol. The normalized spacial score (nSPS) is 12.1. The molecule has 100 valence electrons. The van der Waals surface area contributed by atoms with E-state index in [1.807, 2.05) is 37.1 Å². The van der Waals surface area contributed by atoms with E-state index in [1.165, 1.54) is 6.08 Å². The van der Waals surface area contributed by atoms with Crippen LogP contribution in [0, 0.1) is 11.3 Å². The molecule has 4 nitrogen and oxygen atoms in total. The van der Waals surface area contributed by atoms with Crippen LogP contribution < -0.4 is 4.90 Å². The minimum Gasteiger partial charge on any atom is -0.478 e. The van der Waals surface area contributed by atoms with Gasteiger partial charge in [-0.1, -0.05) is 22.0 Å². The van der Waals surface area contributed by atoms with E-state index in [1.54, 1.807) is 0 Å². The van der Waals surface area contributed by atoms with Gasteiger partial charge in [0.1, 0.15) is 0 Å². The number of hydrogen-bond donors (Lipinski definition) is 1. The van der Waals surface area contributed by atoms with Crippen LogP contribution in [0.4, 0.5) is 5.69 Å². The summed E-state index contributed by atoms with van der Waals surface area (Å²) in [5.74, 6) is -0.976. The number of hydrogen-bond acceptors (Lipinski definition) is 3. The van der Waals surface area contributed by atoms with Crippen LogP contribution in [-0.2, 0) is 4.79 Å². The second-order valence-corrected chi connectivity index (χ2v) is 5.05. The van der Waals surface area contributed by atoms with Crippen molar-refractivity contribution in [2.75, 3.05) is 11.9 Å². The lowest BCUT2D eigenvalue weighted by Gasteiger charge is -2.25. The molecule has 0 aliphatic rings. The van der Waals surface area contributed by atoms with Crippen LogP contribution in [0.25, 0.3) is 6.08 Å². The molecule has 0 heterocycles. The molecule has 0 aromatic heterocycles. The van der Waals surface area contributed by atoms with Crippen molar-refractivity contribution >= 4 is 33.7 Å². The first-order valence-corrected chi connectivity index (χ1v) is 6.55. The molecule has 1 N–H and O–H groups in total. The van der Waals surface area contributed by atoms with Crippen LogP contribution in [0.15, 0.2) is 28.7 Å². The van der Waals surface area contributed by atoms with Crippen molar-refractivity contribution in [2.24, 2.45) is 0 Å². The quantitative estimate of drug-likeness (QED) is 0.845. The van der Waals surface area contributed by atoms with E-state index in [9.17, 15) is 4.79 Å². The Morgan fingerprint density at radius 1 is 1.63 bits per heavy atom. The molecule has 0 spiro atoms. The number of carbonyl (C=O) groups is 1. The van der Waals surface area contributed by atoms with Crippen molar-refractivity contribution in [2.45, 2.75) is 19.4 Å². The molecule has 0 fully saturated rings. The molecule has 0 saturated carbocycles. The lowest BCUT2D eigenvalue weighted by molar-refractivity contribution is -0.131. The zero-order valence-electron chi connectivity index (χ0n) is 10.8. The average molecular weight is 323 g/mol. The zero-order chi connectivity index (χ0) is 14.4. The van der Waals surface area contributed by atoms with E-state index < -0.39 is 5.97 Å². The van der Waals surface area contributed by atoms with Gasteiger partial charge in [-0.15, -0.1) is 0 Å². The summed E-state index contributed by atoms with van der Waals surface area (Å²) in [4.78, 5) is 12.5. The first kappa shape index (κ1) is 15.3. The molecule has 1 atom stereocenters. The van der Waals surface area contributed by atoms with Crippen LogP contribution >= 0.6 is 15.9 Å². The molecular weight excluding hydrogens is 308 g/mol. The SMILES string of the molecule is CC(CC#N)N(C)c1ccc(/C=C/C(=O)O)c(Br)c1. The smallest absolute Gasteiger partial charge is 0.328 e. The molecule has 19 heavy (non-hydrogen) atoms. The minimum absolute atomic E-state index is 0.123. The first-order valence-electron chi connectivity index (χ1n) is 5.76. The van der Waals surface area contributed by atoms with Crippen LogP contribution in [0.3, 0.4) is 0 Å². The number of carboxylic acids is 1. The van der Waals surface area contributed by atoms with Crippen molar-refractivity contribution in [3.63, 3.8) is 0 Å². The van der Waals surface area contributed by atoms with Gasteiger partial charge in [0, 0.05) is 29.3 Å². The largest absolute Gasteiger partial charge is 0.478 e. The van der Waals surface area contributed by atoms with Crippen LogP contribution in [0.2, 0.25) is 0 Å². The van der Waals surface area contributed by atoms with Gasteiger partial charge in [0.25, 0.3) is 0 Å². The third-order valence-electron chi connectivity index (χ3n) is 2.84. The number of carboxylic acid groups (broad SMARTS) is 1. The Balaban J connectivity index is 2.94. The monoisotopic (exact) mass is 322 g/mol.